The predicted molar refractivity (Wildman–Crippen MR) is 75.6 cm³/mol. The van der Waals surface area contributed by atoms with Gasteiger partial charge >= 0.3 is 6.18 Å². The summed E-state index contributed by atoms with van der Waals surface area (Å²) in [6.45, 7) is 3.98. The summed E-state index contributed by atoms with van der Waals surface area (Å²) in [6.07, 6.45) is -2.82. The number of benzene rings is 1. The highest BCUT2D eigenvalue weighted by Gasteiger charge is 2.30. The lowest BCUT2D eigenvalue weighted by molar-refractivity contribution is -0.137. The van der Waals surface area contributed by atoms with Crippen molar-refractivity contribution in [3.63, 3.8) is 0 Å². The zero-order valence-corrected chi connectivity index (χ0v) is 12.2. The van der Waals surface area contributed by atoms with Crippen molar-refractivity contribution in [2.45, 2.75) is 25.9 Å². The van der Waals surface area contributed by atoms with Gasteiger partial charge in [-0.15, -0.1) is 11.3 Å². The average molecular weight is 314 g/mol. The van der Waals surface area contributed by atoms with Crippen molar-refractivity contribution in [1.29, 1.82) is 0 Å². The molecule has 2 aromatic rings. The molecule has 1 heterocycles. The van der Waals surface area contributed by atoms with E-state index in [4.69, 9.17) is 0 Å². The maximum Gasteiger partial charge on any atom is 0.416 e. The van der Waals surface area contributed by atoms with Gasteiger partial charge < -0.3 is 0 Å². The van der Waals surface area contributed by atoms with E-state index >= 15 is 0 Å². The van der Waals surface area contributed by atoms with Crippen LogP contribution >= 0.6 is 11.3 Å². The summed E-state index contributed by atoms with van der Waals surface area (Å²) in [5, 5.41) is 2.89. The second-order valence-electron chi connectivity index (χ2n) is 4.76. The Morgan fingerprint density at radius 2 is 2.05 bits per heavy atom. The van der Waals surface area contributed by atoms with Gasteiger partial charge in [0.05, 0.1) is 5.56 Å². The first-order valence-corrected chi connectivity index (χ1v) is 7.03. The number of nitrogens with zero attached hydrogens (tertiary/aromatic N) is 1. The summed E-state index contributed by atoms with van der Waals surface area (Å²) >= 11 is 1.31. The van der Waals surface area contributed by atoms with Crippen molar-refractivity contribution in [2.75, 3.05) is 5.32 Å². The Labute approximate surface area is 123 Å². The lowest BCUT2D eigenvalue weighted by Gasteiger charge is -2.08. The molecule has 0 bridgehead atoms. The first-order chi connectivity index (χ1) is 9.77. The number of nitrogens with one attached hydrogen (secondary N) is 1. The van der Waals surface area contributed by atoms with Gasteiger partial charge in [-0.25, -0.2) is 4.98 Å². The summed E-state index contributed by atoms with van der Waals surface area (Å²) < 4.78 is 37.8. The van der Waals surface area contributed by atoms with Crippen LogP contribution in [-0.4, -0.2) is 10.9 Å². The van der Waals surface area contributed by atoms with Crippen LogP contribution in [0.1, 0.15) is 40.6 Å². The highest BCUT2D eigenvalue weighted by Crippen LogP contribution is 2.30. The molecule has 0 unspecified atom stereocenters. The molecule has 0 aliphatic rings. The van der Waals surface area contributed by atoms with E-state index < -0.39 is 17.6 Å². The summed E-state index contributed by atoms with van der Waals surface area (Å²) in [5.41, 5.74) is -0.900. The number of amides is 1. The number of aromatic nitrogens is 1. The highest BCUT2D eigenvalue weighted by atomic mass is 32.1. The van der Waals surface area contributed by atoms with Crippen molar-refractivity contribution in [2.24, 2.45) is 0 Å². The van der Waals surface area contributed by atoms with Gasteiger partial charge in [0.15, 0.2) is 5.13 Å². The molecule has 3 nitrogen and oxygen atoms in total. The minimum absolute atomic E-state index is 0.0499. The van der Waals surface area contributed by atoms with Gasteiger partial charge in [-0.1, -0.05) is 19.9 Å². The van der Waals surface area contributed by atoms with Gasteiger partial charge in [-0.3, -0.25) is 10.1 Å². The van der Waals surface area contributed by atoms with Crippen molar-refractivity contribution < 1.29 is 18.0 Å². The Hall–Kier alpha value is -1.89. The number of hydrogen-bond donors (Lipinski definition) is 1. The van der Waals surface area contributed by atoms with E-state index in [9.17, 15) is 18.0 Å². The second kappa shape index (κ2) is 5.85. The molecule has 1 aromatic heterocycles. The maximum atomic E-state index is 12.6. The Balaban J connectivity index is 2.16. The summed E-state index contributed by atoms with van der Waals surface area (Å²) in [4.78, 5) is 17.0. The van der Waals surface area contributed by atoms with Crippen LogP contribution in [0.2, 0.25) is 0 Å². The number of carbonyl (C=O) groups excluding carboxylic acids is 1. The molecule has 0 saturated carbocycles. The van der Waals surface area contributed by atoms with Gasteiger partial charge in [-0.2, -0.15) is 13.2 Å². The molecule has 0 aliphatic carbocycles. The fourth-order valence-corrected chi connectivity index (χ4v) is 2.43. The number of anilines is 1. The van der Waals surface area contributed by atoms with Crippen molar-refractivity contribution in [1.82, 2.24) is 4.98 Å². The minimum atomic E-state index is -4.47. The first kappa shape index (κ1) is 15.5. The molecule has 2 rings (SSSR count). The van der Waals surface area contributed by atoms with E-state index in [-0.39, 0.29) is 11.5 Å². The number of alkyl halides is 3. The molecule has 0 spiro atoms. The molecule has 0 aliphatic heterocycles. The summed E-state index contributed by atoms with van der Waals surface area (Å²) in [5.74, 6) is -0.326. The molecule has 0 atom stereocenters. The molecule has 1 N–H and O–H groups in total. The van der Waals surface area contributed by atoms with Gasteiger partial charge in [0.2, 0.25) is 0 Å². The van der Waals surface area contributed by atoms with Crippen molar-refractivity contribution in [3.8, 4) is 0 Å². The molecule has 7 heteroatoms. The lowest BCUT2D eigenvalue weighted by atomic mass is 10.1. The van der Waals surface area contributed by atoms with Gasteiger partial charge in [-0.05, 0) is 24.1 Å². The number of halogens is 3. The molecule has 1 aromatic carbocycles. The molecule has 0 saturated heterocycles. The molecule has 21 heavy (non-hydrogen) atoms. The van der Waals surface area contributed by atoms with Crippen molar-refractivity contribution >= 4 is 22.4 Å². The third-order valence-electron chi connectivity index (χ3n) is 2.77. The Kier molecular flexibility index (Phi) is 4.32. The van der Waals surface area contributed by atoms with Crippen LogP contribution in [0.5, 0.6) is 0 Å². The lowest BCUT2D eigenvalue weighted by Crippen LogP contribution is -2.13. The molecule has 0 radical (unpaired) electrons. The number of carbonyl (C=O) groups is 1. The van der Waals surface area contributed by atoms with E-state index in [1.165, 1.54) is 23.5 Å². The van der Waals surface area contributed by atoms with E-state index in [0.29, 0.717) is 5.13 Å². The van der Waals surface area contributed by atoms with Crippen molar-refractivity contribution in [3.05, 3.63) is 46.5 Å². The Morgan fingerprint density at radius 1 is 1.33 bits per heavy atom. The number of hydrogen-bond acceptors (Lipinski definition) is 3. The third-order valence-corrected chi connectivity index (χ3v) is 3.98. The Morgan fingerprint density at radius 3 is 2.62 bits per heavy atom. The van der Waals surface area contributed by atoms with Crippen LogP contribution in [0.15, 0.2) is 30.5 Å². The van der Waals surface area contributed by atoms with E-state index in [0.717, 1.165) is 17.0 Å². The van der Waals surface area contributed by atoms with Gasteiger partial charge in [0, 0.05) is 16.6 Å². The fourth-order valence-electron chi connectivity index (χ4n) is 1.62. The number of thiazole rings is 1. The second-order valence-corrected chi connectivity index (χ2v) is 5.82. The molecule has 0 fully saturated rings. The molecule has 112 valence electrons. The molecular weight excluding hydrogens is 301 g/mol. The molecular formula is C14H13F3N2OS. The first-order valence-electron chi connectivity index (χ1n) is 6.21. The highest BCUT2D eigenvalue weighted by molar-refractivity contribution is 7.15. The normalized spacial score (nSPS) is 11.7. The largest absolute Gasteiger partial charge is 0.416 e. The quantitative estimate of drug-likeness (QED) is 0.904. The van der Waals surface area contributed by atoms with E-state index in [1.54, 1.807) is 6.20 Å². The van der Waals surface area contributed by atoms with Gasteiger partial charge in [0.25, 0.3) is 5.91 Å². The monoisotopic (exact) mass is 314 g/mol. The van der Waals surface area contributed by atoms with Crippen LogP contribution in [0, 0.1) is 0 Å². The summed E-state index contributed by atoms with van der Waals surface area (Å²) in [7, 11) is 0. The third kappa shape index (κ3) is 3.81. The van der Waals surface area contributed by atoms with Crippen LogP contribution in [0.25, 0.3) is 0 Å². The standard InChI is InChI=1S/C14H13F3N2OS/c1-8(2)11-7-18-13(21-11)19-12(20)9-4-3-5-10(6-9)14(15,16)17/h3-8H,1-2H3,(H,18,19,20). The van der Waals surface area contributed by atoms with Crippen LogP contribution in [-0.2, 0) is 6.18 Å². The SMILES string of the molecule is CC(C)c1cnc(NC(=O)c2cccc(C(F)(F)F)c2)s1. The topological polar surface area (TPSA) is 42.0 Å². The van der Waals surface area contributed by atoms with Crippen LogP contribution in [0.4, 0.5) is 18.3 Å². The minimum Gasteiger partial charge on any atom is -0.298 e. The van der Waals surface area contributed by atoms with E-state index in [2.05, 4.69) is 10.3 Å². The smallest absolute Gasteiger partial charge is 0.298 e. The van der Waals surface area contributed by atoms with E-state index in [1.807, 2.05) is 13.8 Å². The Bertz CT molecular complexity index is 650. The molecule has 1 amide bonds. The van der Waals surface area contributed by atoms with Crippen LogP contribution < -0.4 is 5.32 Å². The fraction of sp³-hybridized carbons (Fsp3) is 0.286. The summed E-state index contributed by atoms with van der Waals surface area (Å²) in [6, 6.07) is 4.30. The van der Waals surface area contributed by atoms with Crippen LogP contribution in [0.3, 0.4) is 0 Å². The average Bonchev–Trinajstić information content (AvgIpc) is 2.86. The maximum absolute atomic E-state index is 12.6. The van der Waals surface area contributed by atoms with Gasteiger partial charge in [0.1, 0.15) is 0 Å². The zero-order chi connectivity index (χ0) is 15.6. The zero-order valence-electron chi connectivity index (χ0n) is 11.4. The number of rotatable bonds is 3. The predicted octanol–water partition coefficient (Wildman–Crippen LogP) is 4.54.